The summed E-state index contributed by atoms with van der Waals surface area (Å²) >= 11 is 0. The molecular weight excluding hydrogens is 198 g/mol. The van der Waals surface area contributed by atoms with Crippen LogP contribution in [0.15, 0.2) is 18.3 Å². The van der Waals surface area contributed by atoms with Crippen LogP contribution < -0.4 is 10.6 Å². The Bertz CT molecular complexity index is 316. The van der Waals surface area contributed by atoms with Gasteiger partial charge in [0.1, 0.15) is 0 Å². The number of anilines is 1. The Morgan fingerprint density at radius 3 is 2.75 bits per heavy atom. The summed E-state index contributed by atoms with van der Waals surface area (Å²) in [4.78, 5) is 6.81. The van der Waals surface area contributed by atoms with E-state index in [2.05, 4.69) is 22.9 Å². The first-order valence-electron chi connectivity index (χ1n) is 6.23. The molecule has 3 heteroatoms. The Labute approximate surface area is 97.7 Å². The lowest BCUT2D eigenvalue weighted by molar-refractivity contribution is 0.706. The monoisotopic (exact) mass is 219 g/mol. The third-order valence-corrected chi connectivity index (χ3v) is 3.05. The van der Waals surface area contributed by atoms with Crippen LogP contribution in [0, 0.1) is 5.92 Å². The van der Waals surface area contributed by atoms with Crippen molar-refractivity contribution in [3.05, 3.63) is 24.0 Å². The lowest BCUT2D eigenvalue weighted by Crippen LogP contribution is -2.26. The van der Waals surface area contributed by atoms with Crippen molar-refractivity contribution < 1.29 is 0 Å². The average Bonchev–Trinajstić information content (AvgIpc) is 3.13. The van der Waals surface area contributed by atoms with Crippen LogP contribution >= 0.6 is 0 Å². The topological polar surface area (TPSA) is 42.1 Å². The van der Waals surface area contributed by atoms with E-state index in [1.54, 1.807) is 0 Å². The maximum absolute atomic E-state index is 5.55. The van der Waals surface area contributed by atoms with Crippen molar-refractivity contribution in [3.8, 4) is 0 Å². The summed E-state index contributed by atoms with van der Waals surface area (Å²) in [6.07, 6.45) is 5.94. The van der Waals surface area contributed by atoms with Gasteiger partial charge in [-0.05, 0) is 37.3 Å². The minimum atomic E-state index is 0.524. The number of hydrogen-bond donors (Lipinski definition) is 1. The van der Waals surface area contributed by atoms with Gasteiger partial charge >= 0.3 is 0 Å². The zero-order valence-corrected chi connectivity index (χ0v) is 10.0. The minimum absolute atomic E-state index is 0.524. The highest BCUT2D eigenvalue weighted by Crippen LogP contribution is 2.31. The summed E-state index contributed by atoms with van der Waals surface area (Å²) < 4.78 is 0. The predicted molar refractivity (Wildman–Crippen MR) is 67.4 cm³/mol. The van der Waals surface area contributed by atoms with E-state index in [0.717, 1.165) is 18.2 Å². The molecule has 0 aromatic carbocycles. The Kier molecular flexibility index (Phi) is 3.78. The van der Waals surface area contributed by atoms with Gasteiger partial charge in [0.15, 0.2) is 0 Å². The predicted octanol–water partition coefficient (Wildman–Crippen LogP) is 2.17. The molecule has 0 spiro atoms. The van der Waals surface area contributed by atoms with Gasteiger partial charge in [-0.25, -0.2) is 0 Å². The van der Waals surface area contributed by atoms with Crippen molar-refractivity contribution >= 4 is 5.69 Å². The molecule has 1 aromatic rings. The average molecular weight is 219 g/mol. The van der Waals surface area contributed by atoms with Gasteiger partial charge < -0.3 is 10.6 Å². The second-order valence-electron chi connectivity index (χ2n) is 4.60. The highest BCUT2D eigenvalue weighted by Gasteiger charge is 2.24. The lowest BCUT2D eigenvalue weighted by Gasteiger charge is -2.24. The van der Waals surface area contributed by atoms with Crippen molar-refractivity contribution in [2.45, 2.75) is 32.7 Å². The van der Waals surface area contributed by atoms with E-state index in [9.17, 15) is 0 Å². The molecule has 0 unspecified atom stereocenters. The highest BCUT2D eigenvalue weighted by molar-refractivity contribution is 5.44. The van der Waals surface area contributed by atoms with E-state index in [0.29, 0.717) is 6.54 Å². The van der Waals surface area contributed by atoms with Crippen LogP contribution in [0.4, 0.5) is 5.69 Å². The number of nitrogens with zero attached hydrogens (tertiary/aromatic N) is 2. The standard InChI is InChI=1S/C13H21N3/c1-2-7-16(10-11-3-4-11)13-6-5-12(8-14)15-9-13/h5-6,9,11H,2-4,7-8,10,14H2,1H3. The molecule has 1 aromatic heterocycles. The van der Waals surface area contributed by atoms with E-state index >= 15 is 0 Å². The third-order valence-electron chi connectivity index (χ3n) is 3.05. The second kappa shape index (κ2) is 5.30. The van der Waals surface area contributed by atoms with Crippen molar-refractivity contribution in [1.82, 2.24) is 4.98 Å². The van der Waals surface area contributed by atoms with Crippen molar-refractivity contribution in [3.63, 3.8) is 0 Å². The quantitative estimate of drug-likeness (QED) is 0.797. The summed E-state index contributed by atoms with van der Waals surface area (Å²) in [7, 11) is 0. The zero-order chi connectivity index (χ0) is 11.4. The summed E-state index contributed by atoms with van der Waals surface area (Å²) in [6, 6.07) is 4.18. The van der Waals surface area contributed by atoms with Gasteiger partial charge in [0.2, 0.25) is 0 Å². The Morgan fingerprint density at radius 2 is 2.25 bits per heavy atom. The summed E-state index contributed by atoms with van der Waals surface area (Å²) in [5, 5.41) is 0. The SMILES string of the molecule is CCCN(CC1CC1)c1ccc(CN)nc1. The van der Waals surface area contributed by atoms with Crippen LogP contribution in [-0.2, 0) is 6.54 Å². The van der Waals surface area contributed by atoms with Gasteiger partial charge in [0, 0.05) is 19.6 Å². The lowest BCUT2D eigenvalue weighted by atomic mass is 10.2. The van der Waals surface area contributed by atoms with Crippen LogP contribution in [0.25, 0.3) is 0 Å². The van der Waals surface area contributed by atoms with Crippen LogP contribution in [-0.4, -0.2) is 18.1 Å². The molecule has 1 heterocycles. The first kappa shape index (κ1) is 11.4. The molecule has 0 radical (unpaired) electrons. The molecule has 0 atom stereocenters. The van der Waals surface area contributed by atoms with Gasteiger partial charge in [-0.1, -0.05) is 6.92 Å². The van der Waals surface area contributed by atoms with Crippen molar-refractivity contribution in [1.29, 1.82) is 0 Å². The fourth-order valence-corrected chi connectivity index (χ4v) is 1.93. The Morgan fingerprint density at radius 1 is 1.44 bits per heavy atom. The van der Waals surface area contributed by atoms with E-state index in [1.165, 1.54) is 31.5 Å². The maximum Gasteiger partial charge on any atom is 0.0553 e. The van der Waals surface area contributed by atoms with Gasteiger partial charge in [0.05, 0.1) is 17.6 Å². The Balaban J connectivity index is 2.03. The molecule has 1 fully saturated rings. The summed E-state index contributed by atoms with van der Waals surface area (Å²) in [5.74, 6) is 0.917. The van der Waals surface area contributed by atoms with E-state index in [1.807, 2.05) is 12.3 Å². The largest absolute Gasteiger partial charge is 0.370 e. The highest BCUT2D eigenvalue weighted by atomic mass is 15.1. The first-order valence-corrected chi connectivity index (χ1v) is 6.23. The van der Waals surface area contributed by atoms with Crippen LogP contribution in [0.5, 0.6) is 0 Å². The fourth-order valence-electron chi connectivity index (χ4n) is 1.93. The molecule has 0 bridgehead atoms. The van der Waals surface area contributed by atoms with E-state index in [-0.39, 0.29) is 0 Å². The van der Waals surface area contributed by atoms with E-state index < -0.39 is 0 Å². The number of pyridine rings is 1. The van der Waals surface area contributed by atoms with Gasteiger partial charge in [-0.2, -0.15) is 0 Å². The molecule has 16 heavy (non-hydrogen) atoms. The number of aromatic nitrogens is 1. The number of rotatable bonds is 6. The third kappa shape index (κ3) is 2.95. The van der Waals surface area contributed by atoms with Gasteiger partial charge in [0.25, 0.3) is 0 Å². The zero-order valence-electron chi connectivity index (χ0n) is 10.0. The molecule has 0 saturated heterocycles. The number of nitrogens with two attached hydrogens (primary N) is 1. The molecule has 1 aliphatic rings. The second-order valence-corrected chi connectivity index (χ2v) is 4.60. The Hall–Kier alpha value is -1.09. The molecule has 2 N–H and O–H groups in total. The van der Waals surface area contributed by atoms with Crippen LogP contribution in [0.3, 0.4) is 0 Å². The maximum atomic E-state index is 5.55. The normalized spacial score (nSPS) is 15.1. The molecule has 88 valence electrons. The molecule has 0 amide bonds. The summed E-state index contributed by atoms with van der Waals surface area (Å²) in [6.45, 7) is 5.07. The molecule has 2 rings (SSSR count). The molecule has 1 aliphatic carbocycles. The minimum Gasteiger partial charge on any atom is -0.370 e. The van der Waals surface area contributed by atoms with Gasteiger partial charge in [-0.15, -0.1) is 0 Å². The van der Waals surface area contributed by atoms with Crippen LogP contribution in [0.2, 0.25) is 0 Å². The number of hydrogen-bond acceptors (Lipinski definition) is 3. The van der Waals surface area contributed by atoms with Crippen molar-refractivity contribution in [2.75, 3.05) is 18.0 Å². The summed E-state index contributed by atoms with van der Waals surface area (Å²) in [5.41, 5.74) is 7.76. The molecular formula is C13H21N3. The van der Waals surface area contributed by atoms with E-state index in [4.69, 9.17) is 5.73 Å². The molecule has 1 saturated carbocycles. The molecule has 3 nitrogen and oxygen atoms in total. The first-order chi connectivity index (χ1) is 7.83. The fraction of sp³-hybridized carbons (Fsp3) is 0.615. The van der Waals surface area contributed by atoms with Crippen LogP contribution in [0.1, 0.15) is 31.9 Å². The molecule has 0 aliphatic heterocycles. The smallest absolute Gasteiger partial charge is 0.0553 e. The van der Waals surface area contributed by atoms with Crippen molar-refractivity contribution in [2.24, 2.45) is 11.7 Å². The van der Waals surface area contributed by atoms with Gasteiger partial charge in [-0.3, -0.25) is 4.98 Å².